The van der Waals surface area contributed by atoms with Gasteiger partial charge in [-0.05, 0) is 6.42 Å². The van der Waals surface area contributed by atoms with Crippen LogP contribution in [0.2, 0.25) is 0 Å². The van der Waals surface area contributed by atoms with Gasteiger partial charge in [-0.2, -0.15) is 15.1 Å². The summed E-state index contributed by atoms with van der Waals surface area (Å²) in [5, 5.41) is 16.3. The van der Waals surface area contributed by atoms with Gasteiger partial charge in [0.25, 0.3) is 0 Å². The van der Waals surface area contributed by atoms with E-state index in [4.69, 9.17) is 0 Å². The van der Waals surface area contributed by atoms with Crippen LogP contribution < -0.4 is 10.6 Å². The van der Waals surface area contributed by atoms with Crippen molar-refractivity contribution in [2.24, 2.45) is 0 Å². The smallest absolute Gasteiger partial charge is 0.226 e. The Labute approximate surface area is 119 Å². The third-order valence-corrected chi connectivity index (χ3v) is 3.40. The van der Waals surface area contributed by atoms with Gasteiger partial charge in [0.05, 0.1) is 29.3 Å². The third-order valence-electron chi connectivity index (χ3n) is 2.76. The summed E-state index contributed by atoms with van der Waals surface area (Å²) in [7, 11) is 0. The second kappa shape index (κ2) is 5.83. The van der Waals surface area contributed by atoms with Crippen molar-refractivity contribution in [2.75, 3.05) is 17.2 Å². The highest BCUT2D eigenvalue weighted by molar-refractivity contribution is 7.07. The molecule has 0 spiro atoms. The van der Waals surface area contributed by atoms with Crippen LogP contribution in [-0.4, -0.2) is 31.7 Å². The molecule has 0 aliphatic rings. The number of nitrogens with zero attached hydrogens (tertiary/aromatic N) is 4. The molecule has 8 heteroatoms. The molecule has 3 rings (SSSR count). The Hall–Kier alpha value is -2.22. The summed E-state index contributed by atoms with van der Waals surface area (Å²) >= 11 is 1.58. The van der Waals surface area contributed by atoms with Gasteiger partial charge >= 0.3 is 0 Å². The zero-order valence-corrected chi connectivity index (χ0v) is 11.9. The standard InChI is InChI=1S/C12H15N7S/c1-2-3-13-12-17-10(9-5-16-19-11(9)18-12)14-4-8-6-20-7-15-8/h5-7H,2-4H2,1H3,(H3,13,14,16,17,18,19). The monoisotopic (exact) mass is 289 g/mol. The Balaban J connectivity index is 1.85. The molecule has 0 atom stereocenters. The second-order valence-corrected chi connectivity index (χ2v) is 5.01. The first-order valence-corrected chi connectivity index (χ1v) is 7.37. The van der Waals surface area contributed by atoms with E-state index in [0.29, 0.717) is 12.5 Å². The zero-order valence-electron chi connectivity index (χ0n) is 11.1. The molecule has 104 valence electrons. The molecule has 20 heavy (non-hydrogen) atoms. The number of hydrogen-bond acceptors (Lipinski definition) is 7. The van der Waals surface area contributed by atoms with Gasteiger partial charge in [0.2, 0.25) is 5.95 Å². The highest BCUT2D eigenvalue weighted by atomic mass is 32.1. The molecule has 7 nitrogen and oxygen atoms in total. The molecule has 3 aromatic heterocycles. The van der Waals surface area contributed by atoms with E-state index in [1.165, 1.54) is 0 Å². The molecular formula is C12H15N7S. The minimum absolute atomic E-state index is 0.601. The summed E-state index contributed by atoms with van der Waals surface area (Å²) in [5.74, 6) is 1.36. The lowest BCUT2D eigenvalue weighted by molar-refractivity contribution is 0.952. The number of anilines is 2. The number of rotatable bonds is 6. The SMILES string of the molecule is CCCNc1nc(NCc2cscn2)c2cn[nH]c2n1. The first kappa shape index (κ1) is 12.8. The molecule has 0 aliphatic carbocycles. The summed E-state index contributed by atoms with van der Waals surface area (Å²) in [6.45, 7) is 3.57. The van der Waals surface area contributed by atoms with Crippen LogP contribution in [0.1, 0.15) is 19.0 Å². The summed E-state index contributed by atoms with van der Waals surface area (Å²) < 4.78 is 0. The average molecular weight is 289 g/mol. The first-order valence-electron chi connectivity index (χ1n) is 6.42. The molecule has 0 saturated heterocycles. The lowest BCUT2D eigenvalue weighted by Gasteiger charge is -2.08. The van der Waals surface area contributed by atoms with Crippen molar-refractivity contribution in [3.05, 3.63) is 22.8 Å². The highest BCUT2D eigenvalue weighted by Crippen LogP contribution is 2.20. The maximum Gasteiger partial charge on any atom is 0.226 e. The number of nitrogens with one attached hydrogen (secondary N) is 3. The molecule has 3 heterocycles. The van der Waals surface area contributed by atoms with Gasteiger partial charge in [0.15, 0.2) is 5.65 Å². The topological polar surface area (TPSA) is 91.4 Å². The van der Waals surface area contributed by atoms with Crippen molar-refractivity contribution >= 4 is 34.1 Å². The Morgan fingerprint density at radius 2 is 2.25 bits per heavy atom. The maximum atomic E-state index is 4.49. The van der Waals surface area contributed by atoms with Crippen molar-refractivity contribution in [1.29, 1.82) is 0 Å². The van der Waals surface area contributed by atoms with Crippen LogP contribution in [0.15, 0.2) is 17.1 Å². The minimum atomic E-state index is 0.601. The Bertz CT molecular complexity index is 676. The fourth-order valence-electron chi connectivity index (χ4n) is 1.78. The maximum absolute atomic E-state index is 4.49. The molecule has 0 fully saturated rings. The van der Waals surface area contributed by atoms with Crippen LogP contribution in [0, 0.1) is 0 Å². The summed E-state index contributed by atoms with van der Waals surface area (Å²) in [4.78, 5) is 13.1. The highest BCUT2D eigenvalue weighted by Gasteiger charge is 2.09. The molecule has 3 N–H and O–H groups in total. The Kier molecular flexibility index (Phi) is 3.73. The molecular weight excluding hydrogens is 274 g/mol. The van der Waals surface area contributed by atoms with Crippen LogP contribution in [0.5, 0.6) is 0 Å². The van der Waals surface area contributed by atoms with Crippen LogP contribution in [0.4, 0.5) is 11.8 Å². The van der Waals surface area contributed by atoms with Crippen LogP contribution in [0.3, 0.4) is 0 Å². The number of aromatic amines is 1. The van der Waals surface area contributed by atoms with Gasteiger partial charge < -0.3 is 10.6 Å². The van der Waals surface area contributed by atoms with Crippen molar-refractivity contribution in [3.8, 4) is 0 Å². The van der Waals surface area contributed by atoms with Gasteiger partial charge in [-0.3, -0.25) is 5.10 Å². The van der Waals surface area contributed by atoms with Crippen LogP contribution >= 0.6 is 11.3 Å². The average Bonchev–Trinajstić information content (AvgIpc) is 3.13. The van der Waals surface area contributed by atoms with E-state index in [1.807, 2.05) is 10.9 Å². The fraction of sp³-hybridized carbons (Fsp3) is 0.333. The van der Waals surface area contributed by atoms with Crippen LogP contribution in [0.25, 0.3) is 11.0 Å². The van der Waals surface area contributed by atoms with Gasteiger partial charge in [0, 0.05) is 11.9 Å². The lowest BCUT2D eigenvalue weighted by Crippen LogP contribution is -2.08. The van der Waals surface area contributed by atoms with Gasteiger partial charge in [-0.1, -0.05) is 6.92 Å². The van der Waals surface area contributed by atoms with E-state index < -0.39 is 0 Å². The molecule has 0 saturated carbocycles. The predicted molar refractivity (Wildman–Crippen MR) is 79.9 cm³/mol. The van der Waals surface area contributed by atoms with Gasteiger partial charge in [-0.25, -0.2) is 4.98 Å². The minimum Gasteiger partial charge on any atom is -0.364 e. The molecule has 0 aromatic carbocycles. The number of thiazole rings is 1. The van der Waals surface area contributed by atoms with E-state index >= 15 is 0 Å². The fourth-order valence-corrected chi connectivity index (χ4v) is 2.34. The zero-order chi connectivity index (χ0) is 13.8. The molecule has 0 aliphatic heterocycles. The Morgan fingerprint density at radius 1 is 1.30 bits per heavy atom. The number of H-pyrrole nitrogens is 1. The van der Waals surface area contributed by atoms with Gasteiger partial charge in [-0.15, -0.1) is 11.3 Å². The van der Waals surface area contributed by atoms with E-state index in [-0.39, 0.29) is 0 Å². The lowest BCUT2D eigenvalue weighted by atomic mass is 10.3. The van der Waals surface area contributed by atoms with Crippen molar-refractivity contribution in [2.45, 2.75) is 19.9 Å². The van der Waals surface area contributed by atoms with Crippen molar-refractivity contribution < 1.29 is 0 Å². The van der Waals surface area contributed by atoms with E-state index in [9.17, 15) is 0 Å². The number of hydrogen-bond donors (Lipinski definition) is 3. The molecule has 0 radical (unpaired) electrons. The third kappa shape index (κ3) is 2.69. The molecule has 0 bridgehead atoms. The number of aromatic nitrogens is 5. The Morgan fingerprint density at radius 3 is 3.05 bits per heavy atom. The largest absolute Gasteiger partial charge is 0.364 e. The predicted octanol–water partition coefficient (Wildman–Crippen LogP) is 2.24. The summed E-state index contributed by atoms with van der Waals surface area (Å²) in [5.41, 5.74) is 3.53. The molecule has 0 unspecified atom stereocenters. The van der Waals surface area contributed by atoms with E-state index in [2.05, 4.69) is 42.7 Å². The van der Waals surface area contributed by atoms with Gasteiger partial charge in [0.1, 0.15) is 5.82 Å². The number of fused-ring (bicyclic) bond motifs is 1. The van der Waals surface area contributed by atoms with Crippen molar-refractivity contribution in [3.63, 3.8) is 0 Å². The molecule has 3 aromatic rings. The van der Waals surface area contributed by atoms with Crippen LogP contribution in [-0.2, 0) is 6.54 Å². The summed E-state index contributed by atoms with van der Waals surface area (Å²) in [6.07, 6.45) is 2.74. The van der Waals surface area contributed by atoms with Crippen molar-refractivity contribution in [1.82, 2.24) is 25.1 Å². The normalized spacial score (nSPS) is 10.8. The second-order valence-electron chi connectivity index (χ2n) is 4.29. The summed E-state index contributed by atoms with van der Waals surface area (Å²) in [6, 6.07) is 0. The molecule has 0 amide bonds. The quantitative estimate of drug-likeness (QED) is 0.644. The first-order chi connectivity index (χ1) is 9.86. The van der Waals surface area contributed by atoms with E-state index in [1.54, 1.807) is 17.5 Å². The van der Waals surface area contributed by atoms with E-state index in [0.717, 1.165) is 35.5 Å².